The average Bonchev–Trinajstić information content (AvgIpc) is 2.35. The lowest BCUT2D eigenvalue weighted by atomic mass is 10.1. The number of carbonyl (C=O) groups excluding carboxylic acids is 1. The van der Waals surface area contributed by atoms with Crippen LogP contribution in [0.25, 0.3) is 0 Å². The molecule has 0 aliphatic heterocycles. The molecule has 5 nitrogen and oxygen atoms in total. The Balaban J connectivity index is 2.75. The SMILES string of the molecule is COCCCC(NC(=O)OC(C)(C)C)c1cccc(Br)n1. The second kappa shape index (κ2) is 8.34. The van der Waals surface area contributed by atoms with Crippen LogP contribution in [0.3, 0.4) is 0 Å². The summed E-state index contributed by atoms with van der Waals surface area (Å²) in [6, 6.07) is 5.43. The molecule has 0 aromatic carbocycles. The molecule has 1 aromatic rings. The molecule has 1 N–H and O–H groups in total. The maximum atomic E-state index is 12.0. The fraction of sp³-hybridized carbons (Fsp3) is 0.600. The predicted molar refractivity (Wildman–Crippen MR) is 85.2 cm³/mol. The number of hydrogen-bond acceptors (Lipinski definition) is 4. The van der Waals surface area contributed by atoms with E-state index < -0.39 is 11.7 Å². The number of methoxy groups -OCH3 is 1. The molecule has 0 saturated carbocycles. The highest BCUT2D eigenvalue weighted by molar-refractivity contribution is 9.10. The Kier molecular flexibility index (Phi) is 7.11. The summed E-state index contributed by atoms with van der Waals surface area (Å²) in [6.07, 6.45) is 1.12. The predicted octanol–water partition coefficient (Wildman–Crippen LogP) is 3.84. The first-order valence-electron chi connectivity index (χ1n) is 6.93. The number of carbonyl (C=O) groups is 1. The van der Waals surface area contributed by atoms with E-state index in [0.29, 0.717) is 6.61 Å². The first-order chi connectivity index (χ1) is 9.81. The lowest BCUT2D eigenvalue weighted by Gasteiger charge is -2.23. The highest BCUT2D eigenvalue weighted by Crippen LogP contribution is 2.19. The summed E-state index contributed by atoms with van der Waals surface area (Å²) in [5.41, 5.74) is 0.276. The van der Waals surface area contributed by atoms with Crippen molar-refractivity contribution in [3.63, 3.8) is 0 Å². The topological polar surface area (TPSA) is 60.5 Å². The van der Waals surface area contributed by atoms with Crippen LogP contribution >= 0.6 is 15.9 Å². The van der Waals surface area contributed by atoms with E-state index in [2.05, 4.69) is 26.2 Å². The van der Waals surface area contributed by atoms with Gasteiger partial charge in [0.2, 0.25) is 0 Å². The Hall–Kier alpha value is -1.14. The third-order valence-corrected chi connectivity index (χ3v) is 3.07. The van der Waals surface area contributed by atoms with Crippen molar-refractivity contribution in [1.29, 1.82) is 0 Å². The average molecular weight is 359 g/mol. The smallest absolute Gasteiger partial charge is 0.408 e. The van der Waals surface area contributed by atoms with Crippen molar-refractivity contribution >= 4 is 22.0 Å². The molecule has 0 spiro atoms. The van der Waals surface area contributed by atoms with Gasteiger partial charge in [0.25, 0.3) is 0 Å². The standard InChI is InChI=1S/C15H23BrN2O3/c1-15(2,3)21-14(19)18-12(8-6-10-20-4)11-7-5-9-13(16)17-11/h5,7,9,12H,6,8,10H2,1-4H3,(H,18,19). The maximum Gasteiger partial charge on any atom is 0.408 e. The Labute approximate surface area is 134 Å². The molecule has 0 fully saturated rings. The molecule has 1 atom stereocenters. The summed E-state index contributed by atoms with van der Waals surface area (Å²) in [4.78, 5) is 16.4. The van der Waals surface area contributed by atoms with E-state index in [-0.39, 0.29) is 6.04 Å². The number of hydrogen-bond donors (Lipinski definition) is 1. The van der Waals surface area contributed by atoms with E-state index in [4.69, 9.17) is 9.47 Å². The van der Waals surface area contributed by atoms with E-state index in [0.717, 1.165) is 23.1 Å². The molecule has 1 heterocycles. The van der Waals surface area contributed by atoms with Crippen molar-refractivity contribution in [2.75, 3.05) is 13.7 Å². The molecule has 1 rings (SSSR count). The minimum Gasteiger partial charge on any atom is -0.444 e. The number of amides is 1. The highest BCUT2D eigenvalue weighted by Gasteiger charge is 2.21. The van der Waals surface area contributed by atoms with Crippen LogP contribution in [0.15, 0.2) is 22.8 Å². The Bertz CT molecular complexity index is 460. The second-order valence-electron chi connectivity index (χ2n) is 5.72. The number of nitrogens with one attached hydrogen (secondary N) is 1. The van der Waals surface area contributed by atoms with E-state index in [9.17, 15) is 4.79 Å². The van der Waals surface area contributed by atoms with Gasteiger partial charge in [-0.15, -0.1) is 0 Å². The molecule has 6 heteroatoms. The minimum absolute atomic E-state index is 0.201. The van der Waals surface area contributed by atoms with Gasteiger partial charge in [0.1, 0.15) is 10.2 Å². The van der Waals surface area contributed by atoms with Crippen molar-refractivity contribution in [3.05, 3.63) is 28.5 Å². The van der Waals surface area contributed by atoms with Gasteiger partial charge in [-0.05, 0) is 61.7 Å². The van der Waals surface area contributed by atoms with Gasteiger partial charge in [0, 0.05) is 13.7 Å². The van der Waals surface area contributed by atoms with Gasteiger partial charge in [0.15, 0.2) is 0 Å². The zero-order valence-corrected chi connectivity index (χ0v) is 14.6. The van der Waals surface area contributed by atoms with E-state index in [1.54, 1.807) is 7.11 Å². The molecular formula is C15H23BrN2O3. The number of ether oxygens (including phenoxy) is 2. The lowest BCUT2D eigenvalue weighted by molar-refractivity contribution is 0.0496. The molecule has 1 unspecified atom stereocenters. The molecule has 118 valence electrons. The number of aromatic nitrogens is 1. The number of pyridine rings is 1. The monoisotopic (exact) mass is 358 g/mol. The molecule has 0 aliphatic carbocycles. The molecule has 21 heavy (non-hydrogen) atoms. The van der Waals surface area contributed by atoms with Crippen LogP contribution in [0, 0.1) is 0 Å². The summed E-state index contributed by atoms with van der Waals surface area (Å²) >= 11 is 3.35. The van der Waals surface area contributed by atoms with Gasteiger partial charge in [-0.2, -0.15) is 0 Å². The largest absolute Gasteiger partial charge is 0.444 e. The number of nitrogens with zero attached hydrogens (tertiary/aromatic N) is 1. The second-order valence-corrected chi connectivity index (χ2v) is 6.53. The maximum absolute atomic E-state index is 12.0. The summed E-state index contributed by atoms with van der Waals surface area (Å²) in [6.45, 7) is 6.15. The summed E-state index contributed by atoms with van der Waals surface area (Å²) < 4.78 is 11.1. The van der Waals surface area contributed by atoms with E-state index in [1.807, 2.05) is 39.0 Å². The van der Waals surface area contributed by atoms with Gasteiger partial charge in [0.05, 0.1) is 11.7 Å². The Morgan fingerprint density at radius 1 is 1.43 bits per heavy atom. The van der Waals surface area contributed by atoms with E-state index >= 15 is 0 Å². The third-order valence-electron chi connectivity index (χ3n) is 2.63. The normalized spacial score (nSPS) is 12.8. The van der Waals surface area contributed by atoms with Crippen molar-refractivity contribution in [2.24, 2.45) is 0 Å². The molecule has 0 bridgehead atoms. The van der Waals surface area contributed by atoms with Crippen LogP contribution in [0.1, 0.15) is 45.3 Å². The molecule has 0 saturated heterocycles. The van der Waals surface area contributed by atoms with Crippen LogP contribution in [-0.4, -0.2) is 30.4 Å². The fourth-order valence-electron chi connectivity index (χ4n) is 1.79. The summed E-state index contributed by atoms with van der Waals surface area (Å²) in [5.74, 6) is 0. The van der Waals surface area contributed by atoms with Gasteiger partial charge in [-0.25, -0.2) is 9.78 Å². The first kappa shape index (κ1) is 17.9. The van der Waals surface area contributed by atoms with Crippen molar-refractivity contribution in [3.8, 4) is 0 Å². The number of rotatable bonds is 6. The lowest BCUT2D eigenvalue weighted by Crippen LogP contribution is -2.35. The zero-order chi connectivity index (χ0) is 15.9. The molecule has 0 radical (unpaired) electrons. The molecule has 1 aromatic heterocycles. The number of halogens is 1. The van der Waals surface area contributed by atoms with Crippen LogP contribution in [0.5, 0.6) is 0 Å². The van der Waals surface area contributed by atoms with Crippen LogP contribution < -0.4 is 5.32 Å². The molecule has 0 aliphatic rings. The molecule has 1 amide bonds. The molecular weight excluding hydrogens is 336 g/mol. The number of alkyl carbamates (subject to hydrolysis) is 1. The van der Waals surface area contributed by atoms with Gasteiger partial charge in [-0.3, -0.25) is 0 Å². The van der Waals surface area contributed by atoms with Crippen molar-refractivity contribution < 1.29 is 14.3 Å². The Morgan fingerprint density at radius 3 is 2.71 bits per heavy atom. The van der Waals surface area contributed by atoms with E-state index in [1.165, 1.54) is 0 Å². The first-order valence-corrected chi connectivity index (χ1v) is 7.72. The summed E-state index contributed by atoms with van der Waals surface area (Å²) in [7, 11) is 1.66. The van der Waals surface area contributed by atoms with Crippen LogP contribution in [0.4, 0.5) is 4.79 Å². The van der Waals surface area contributed by atoms with Crippen molar-refractivity contribution in [2.45, 2.75) is 45.3 Å². The summed E-state index contributed by atoms with van der Waals surface area (Å²) in [5, 5.41) is 2.88. The minimum atomic E-state index is -0.522. The van der Waals surface area contributed by atoms with Gasteiger partial charge < -0.3 is 14.8 Å². The van der Waals surface area contributed by atoms with Gasteiger partial charge in [-0.1, -0.05) is 6.07 Å². The van der Waals surface area contributed by atoms with Crippen LogP contribution in [-0.2, 0) is 9.47 Å². The van der Waals surface area contributed by atoms with Crippen LogP contribution in [0.2, 0.25) is 0 Å². The third kappa shape index (κ3) is 7.43. The Morgan fingerprint density at radius 2 is 2.14 bits per heavy atom. The van der Waals surface area contributed by atoms with Crippen molar-refractivity contribution in [1.82, 2.24) is 10.3 Å². The fourth-order valence-corrected chi connectivity index (χ4v) is 2.15. The highest BCUT2D eigenvalue weighted by atomic mass is 79.9. The quantitative estimate of drug-likeness (QED) is 0.619. The van der Waals surface area contributed by atoms with Gasteiger partial charge >= 0.3 is 6.09 Å². The zero-order valence-electron chi connectivity index (χ0n) is 13.0.